The Labute approximate surface area is 123 Å². The van der Waals surface area contributed by atoms with Crippen LogP contribution in [0.15, 0.2) is 0 Å². The van der Waals surface area contributed by atoms with E-state index in [0.717, 1.165) is 25.7 Å². The molecule has 1 aromatic heterocycles. The van der Waals surface area contributed by atoms with Crippen molar-refractivity contribution >= 4 is 23.1 Å². The summed E-state index contributed by atoms with van der Waals surface area (Å²) in [7, 11) is 0. The van der Waals surface area contributed by atoms with Crippen molar-refractivity contribution in [2.45, 2.75) is 57.9 Å². The van der Waals surface area contributed by atoms with Gasteiger partial charge in [-0.2, -0.15) is 0 Å². The fourth-order valence-electron chi connectivity index (χ4n) is 2.52. The van der Waals surface area contributed by atoms with Crippen molar-refractivity contribution in [2.75, 3.05) is 5.32 Å². The molecule has 0 radical (unpaired) electrons. The van der Waals surface area contributed by atoms with E-state index in [-0.39, 0.29) is 28.6 Å². The summed E-state index contributed by atoms with van der Waals surface area (Å²) in [6, 6.07) is 0.0406. The second-order valence-electron chi connectivity index (χ2n) is 5.46. The molecule has 0 aromatic carbocycles. The second kappa shape index (κ2) is 6.35. The summed E-state index contributed by atoms with van der Waals surface area (Å²) in [6.07, 6.45) is 5.57. The molecule has 7 heteroatoms. The molecule has 1 saturated carbocycles. The van der Waals surface area contributed by atoms with Crippen molar-refractivity contribution < 1.29 is 4.92 Å². The molecule has 6 nitrogen and oxygen atoms in total. The fourth-order valence-corrected chi connectivity index (χ4v) is 2.77. The Kier molecular flexibility index (Phi) is 4.75. The summed E-state index contributed by atoms with van der Waals surface area (Å²) >= 11 is 6.00. The molecule has 0 amide bonds. The molecule has 0 unspecified atom stereocenters. The van der Waals surface area contributed by atoms with Crippen LogP contribution in [-0.2, 0) is 0 Å². The highest BCUT2D eigenvalue weighted by molar-refractivity contribution is 6.31. The van der Waals surface area contributed by atoms with Gasteiger partial charge in [-0.1, -0.05) is 30.9 Å². The van der Waals surface area contributed by atoms with Gasteiger partial charge in [-0.25, -0.2) is 9.97 Å². The number of nitrogens with one attached hydrogen (secondary N) is 1. The van der Waals surface area contributed by atoms with Crippen LogP contribution in [0.5, 0.6) is 0 Å². The monoisotopic (exact) mass is 298 g/mol. The Morgan fingerprint density at radius 1 is 1.30 bits per heavy atom. The van der Waals surface area contributed by atoms with E-state index in [1.807, 2.05) is 13.8 Å². The first kappa shape index (κ1) is 15.0. The molecule has 1 aliphatic rings. The third kappa shape index (κ3) is 3.36. The average Bonchev–Trinajstić information content (AvgIpc) is 2.38. The molecular weight excluding hydrogens is 280 g/mol. The summed E-state index contributed by atoms with van der Waals surface area (Å²) in [6.45, 7) is 3.81. The first-order valence-electron chi connectivity index (χ1n) is 6.97. The van der Waals surface area contributed by atoms with Gasteiger partial charge in [-0.05, 0) is 26.7 Å². The van der Waals surface area contributed by atoms with Crippen LogP contribution in [0.2, 0.25) is 5.15 Å². The summed E-state index contributed by atoms with van der Waals surface area (Å²) in [5.74, 6) is 1.11. The number of nitrogens with zero attached hydrogens (tertiary/aromatic N) is 3. The zero-order valence-corrected chi connectivity index (χ0v) is 12.5. The van der Waals surface area contributed by atoms with Gasteiger partial charge in [0, 0.05) is 12.0 Å². The summed E-state index contributed by atoms with van der Waals surface area (Å²) < 4.78 is 0. The van der Waals surface area contributed by atoms with Gasteiger partial charge in [-0.3, -0.25) is 10.1 Å². The average molecular weight is 299 g/mol. The third-order valence-electron chi connectivity index (χ3n) is 3.44. The molecule has 1 N–H and O–H groups in total. The van der Waals surface area contributed by atoms with E-state index in [1.165, 1.54) is 6.42 Å². The molecule has 0 aliphatic heterocycles. The van der Waals surface area contributed by atoms with Crippen LogP contribution in [0.1, 0.15) is 57.7 Å². The van der Waals surface area contributed by atoms with Crippen LogP contribution in [-0.4, -0.2) is 20.9 Å². The minimum absolute atomic E-state index is 0.0406. The summed E-state index contributed by atoms with van der Waals surface area (Å²) in [4.78, 5) is 19.1. The predicted octanol–water partition coefficient (Wildman–Crippen LogP) is 3.91. The quantitative estimate of drug-likeness (QED) is 0.518. The zero-order valence-electron chi connectivity index (χ0n) is 11.7. The van der Waals surface area contributed by atoms with Gasteiger partial charge in [0.15, 0.2) is 0 Å². The molecule has 1 aliphatic carbocycles. The Morgan fingerprint density at radius 3 is 2.50 bits per heavy atom. The minimum atomic E-state index is -0.530. The van der Waals surface area contributed by atoms with E-state index in [2.05, 4.69) is 15.3 Å². The first-order chi connectivity index (χ1) is 9.49. The number of nitro groups is 1. The maximum atomic E-state index is 11.1. The number of hydrogen-bond acceptors (Lipinski definition) is 5. The van der Waals surface area contributed by atoms with Crippen LogP contribution in [0.3, 0.4) is 0 Å². The molecule has 1 fully saturated rings. The topological polar surface area (TPSA) is 81.0 Å². The smallest absolute Gasteiger partial charge is 0.348 e. The van der Waals surface area contributed by atoms with Crippen molar-refractivity contribution in [3.8, 4) is 0 Å². The number of aromatic nitrogens is 2. The number of rotatable bonds is 4. The number of anilines is 1. The first-order valence-corrected chi connectivity index (χ1v) is 7.35. The van der Waals surface area contributed by atoms with Gasteiger partial charge in [-0.15, -0.1) is 0 Å². The number of hydrogen-bond donors (Lipinski definition) is 1. The van der Waals surface area contributed by atoms with Gasteiger partial charge < -0.3 is 5.32 Å². The van der Waals surface area contributed by atoms with Gasteiger partial charge >= 0.3 is 5.69 Å². The summed E-state index contributed by atoms with van der Waals surface area (Å²) in [5.41, 5.74) is -0.236. The Morgan fingerprint density at radius 2 is 1.95 bits per heavy atom. The van der Waals surface area contributed by atoms with Crippen LogP contribution < -0.4 is 5.32 Å². The molecule has 1 heterocycles. The lowest BCUT2D eigenvalue weighted by molar-refractivity contribution is -0.384. The molecule has 0 saturated heterocycles. The van der Waals surface area contributed by atoms with E-state index < -0.39 is 4.92 Å². The number of halogens is 1. The third-order valence-corrected chi connectivity index (χ3v) is 3.70. The largest absolute Gasteiger partial charge is 0.362 e. The van der Waals surface area contributed by atoms with Crippen LogP contribution >= 0.6 is 11.6 Å². The predicted molar refractivity (Wildman–Crippen MR) is 78.3 cm³/mol. The van der Waals surface area contributed by atoms with Gasteiger partial charge in [0.05, 0.1) is 4.92 Å². The van der Waals surface area contributed by atoms with Crippen LogP contribution in [0.25, 0.3) is 0 Å². The van der Waals surface area contributed by atoms with Crippen LogP contribution in [0.4, 0.5) is 11.5 Å². The highest BCUT2D eigenvalue weighted by Gasteiger charge is 2.27. The van der Waals surface area contributed by atoms with E-state index >= 15 is 0 Å². The maximum absolute atomic E-state index is 11.1. The van der Waals surface area contributed by atoms with Crippen molar-refractivity contribution in [2.24, 2.45) is 0 Å². The SMILES string of the molecule is CC(C)Nc1nc(C2CCCCC2)nc(Cl)c1[N+](=O)[O-]. The van der Waals surface area contributed by atoms with E-state index in [4.69, 9.17) is 11.6 Å². The lowest BCUT2D eigenvalue weighted by atomic mass is 9.89. The highest BCUT2D eigenvalue weighted by atomic mass is 35.5. The zero-order chi connectivity index (χ0) is 14.7. The van der Waals surface area contributed by atoms with E-state index in [9.17, 15) is 10.1 Å². The molecule has 1 aromatic rings. The molecule has 0 bridgehead atoms. The van der Waals surface area contributed by atoms with Crippen molar-refractivity contribution in [3.05, 3.63) is 21.1 Å². The van der Waals surface area contributed by atoms with Crippen molar-refractivity contribution in [3.63, 3.8) is 0 Å². The molecule has 0 spiro atoms. The highest BCUT2D eigenvalue weighted by Crippen LogP contribution is 2.36. The summed E-state index contributed by atoms with van der Waals surface area (Å²) in [5, 5.41) is 14.0. The Hall–Kier alpha value is -1.43. The van der Waals surface area contributed by atoms with Gasteiger partial charge in [0.2, 0.25) is 11.0 Å². The lowest BCUT2D eigenvalue weighted by Gasteiger charge is -2.21. The van der Waals surface area contributed by atoms with Crippen molar-refractivity contribution in [1.29, 1.82) is 0 Å². The van der Waals surface area contributed by atoms with E-state index in [0.29, 0.717) is 5.82 Å². The van der Waals surface area contributed by atoms with Crippen molar-refractivity contribution in [1.82, 2.24) is 9.97 Å². The van der Waals surface area contributed by atoms with Crippen LogP contribution in [0, 0.1) is 10.1 Å². The Balaban J connectivity index is 2.39. The van der Waals surface area contributed by atoms with Gasteiger partial charge in [0.25, 0.3) is 0 Å². The Bertz CT molecular complexity index is 501. The molecular formula is C13H19ClN4O2. The fraction of sp³-hybridized carbons (Fsp3) is 0.692. The second-order valence-corrected chi connectivity index (χ2v) is 5.82. The molecule has 0 atom stereocenters. The molecule has 2 rings (SSSR count). The lowest BCUT2D eigenvalue weighted by Crippen LogP contribution is -2.16. The standard InChI is InChI=1S/C13H19ClN4O2/c1-8(2)15-13-10(18(19)20)11(14)16-12(17-13)9-6-4-3-5-7-9/h8-9H,3-7H2,1-2H3,(H,15,16,17). The molecule has 20 heavy (non-hydrogen) atoms. The van der Waals surface area contributed by atoms with E-state index in [1.54, 1.807) is 0 Å². The maximum Gasteiger partial charge on any atom is 0.348 e. The minimum Gasteiger partial charge on any atom is -0.362 e. The van der Waals surface area contributed by atoms with Gasteiger partial charge in [0.1, 0.15) is 5.82 Å². The molecule has 110 valence electrons. The normalized spacial score (nSPS) is 16.4.